The second-order valence-corrected chi connectivity index (χ2v) is 7.61. The molecule has 0 amide bonds. The standard InChI is InChI=1S/C15H18FNO3S/c1-3-20-10-15(9-17)13(14(15)21(18,19)4-2)11-6-5-7-12(16)8-11/h5-8,13-14H,3-4,10H2,1-2H3/t13-,14+,15+/m1/s1. The van der Waals surface area contributed by atoms with E-state index in [-0.39, 0.29) is 12.4 Å². The first kappa shape index (κ1) is 15.9. The summed E-state index contributed by atoms with van der Waals surface area (Å²) in [6.45, 7) is 3.79. The molecule has 6 heteroatoms. The zero-order valence-corrected chi connectivity index (χ0v) is 12.9. The highest BCUT2D eigenvalue weighted by atomic mass is 32.2. The second kappa shape index (κ2) is 5.74. The molecule has 2 rings (SSSR count). The highest BCUT2D eigenvalue weighted by Crippen LogP contribution is 2.63. The Morgan fingerprint density at radius 3 is 2.67 bits per heavy atom. The molecule has 1 aromatic carbocycles. The molecule has 1 saturated carbocycles. The van der Waals surface area contributed by atoms with Crippen LogP contribution in [-0.4, -0.2) is 32.6 Å². The van der Waals surface area contributed by atoms with Crippen LogP contribution in [0.15, 0.2) is 24.3 Å². The maximum absolute atomic E-state index is 13.4. The molecule has 1 aromatic rings. The molecule has 3 atom stereocenters. The normalized spacial score (nSPS) is 28.1. The van der Waals surface area contributed by atoms with Crippen LogP contribution in [0.4, 0.5) is 4.39 Å². The average molecular weight is 311 g/mol. The Kier molecular flexibility index (Phi) is 4.35. The van der Waals surface area contributed by atoms with Crippen LogP contribution in [-0.2, 0) is 14.6 Å². The van der Waals surface area contributed by atoms with Crippen LogP contribution < -0.4 is 0 Å². The quantitative estimate of drug-likeness (QED) is 0.808. The molecule has 0 radical (unpaired) electrons. The van der Waals surface area contributed by atoms with Gasteiger partial charge in [0.05, 0.1) is 17.9 Å². The van der Waals surface area contributed by atoms with Crippen molar-refractivity contribution in [3.8, 4) is 6.07 Å². The first-order valence-corrected chi connectivity index (χ1v) is 8.60. The van der Waals surface area contributed by atoms with Crippen molar-refractivity contribution in [2.24, 2.45) is 5.41 Å². The third-order valence-corrected chi connectivity index (χ3v) is 6.28. The van der Waals surface area contributed by atoms with Gasteiger partial charge in [0.1, 0.15) is 11.2 Å². The molecular weight excluding hydrogens is 293 g/mol. The molecule has 0 bridgehead atoms. The van der Waals surface area contributed by atoms with E-state index < -0.39 is 32.2 Å². The molecule has 0 saturated heterocycles. The van der Waals surface area contributed by atoms with Crippen LogP contribution in [0, 0.1) is 22.6 Å². The van der Waals surface area contributed by atoms with E-state index in [2.05, 4.69) is 6.07 Å². The Balaban J connectivity index is 2.44. The van der Waals surface area contributed by atoms with Crippen LogP contribution in [0.1, 0.15) is 25.3 Å². The van der Waals surface area contributed by atoms with Gasteiger partial charge >= 0.3 is 0 Å². The topological polar surface area (TPSA) is 67.2 Å². The van der Waals surface area contributed by atoms with E-state index in [1.165, 1.54) is 18.2 Å². The smallest absolute Gasteiger partial charge is 0.155 e. The number of nitriles is 1. The van der Waals surface area contributed by atoms with Crippen molar-refractivity contribution in [3.05, 3.63) is 35.6 Å². The van der Waals surface area contributed by atoms with Crippen molar-refractivity contribution in [2.45, 2.75) is 25.0 Å². The van der Waals surface area contributed by atoms with Gasteiger partial charge in [-0.1, -0.05) is 19.1 Å². The summed E-state index contributed by atoms with van der Waals surface area (Å²) in [7, 11) is -3.41. The van der Waals surface area contributed by atoms with Crippen molar-refractivity contribution in [1.82, 2.24) is 0 Å². The summed E-state index contributed by atoms with van der Waals surface area (Å²) in [5, 5.41) is 8.70. The zero-order valence-electron chi connectivity index (χ0n) is 12.0. The molecule has 0 aromatic heterocycles. The van der Waals surface area contributed by atoms with Crippen molar-refractivity contribution in [1.29, 1.82) is 5.26 Å². The van der Waals surface area contributed by atoms with Crippen LogP contribution in [0.3, 0.4) is 0 Å². The number of ether oxygens (including phenoxy) is 1. The lowest BCUT2D eigenvalue weighted by molar-refractivity contribution is 0.117. The van der Waals surface area contributed by atoms with E-state index in [1.54, 1.807) is 19.9 Å². The van der Waals surface area contributed by atoms with Gasteiger partial charge < -0.3 is 4.74 Å². The maximum atomic E-state index is 13.4. The van der Waals surface area contributed by atoms with Gasteiger partial charge in [-0.3, -0.25) is 0 Å². The van der Waals surface area contributed by atoms with E-state index in [9.17, 15) is 18.1 Å². The summed E-state index contributed by atoms with van der Waals surface area (Å²) in [6, 6.07) is 7.91. The number of rotatable bonds is 6. The Hall–Kier alpha value is -1.45. The molecule has 1 aliphatic carbocycles. The Bertz CT molecular complexity index is 668. The van der Waals surface area contributed by atoms with Gasteiger partial charge in [-0.05, 0) is 24.6 Å². The Labute approximate surface area is 124 Å². The van der Waals surface area contributed by atoms with E-state index in [0.29, 0.717) is 12.2 Å². The lowest BCUT2D eigenvalue weighted by Gasteiger charge is -2.09. The Morgan fingerprint density at radius 2 is 2.14 bits per heavy atom. The van der Waals surface area contributed by atoms with Crippen LogP contribution in [0.25, 0.3) is 0 Å². The van der Waals surface area contributed by atoms with Gasteiger partial charge in [0, 0.05) is 18.3 Å². The van der Waals surface area contributed by atoms with E-state index in [0.717, 1.165) is 0 Å². The number of nitrogens with zero attached hydrogens (tertiary/aromatic N) is 1. The first-order chi connectivity index (χ1) is 9.93. The minimum absolute atomic E-state index is 0.0426. The number of sulfone groups is 1. The zero-order chi connectivity index (χ0) is 15.7. The minimum Gasteiger partial charge on any atom is -0.380 e. The molecule has 21 heavy (non-hydrogen) atoms. The fraction of sp³-hybridized carbons (Fsp3) is 0.533. The molecule has 0 spiro atoms. The van der Waals surface area contributed by atoms with Gasteiger partial charge in [0.2, 0.25) is 0 Å². The lowest BCUT2D eigenvalue weighted by Crippen LogP contribution is -2.20. The van der Waals surface area contributed by atoms with Crippen molar-refractivity contribution >= 4 is 9.84 Å². The molecule has 1 aliphatic rings. The summed E-state index contributed by atoms with van der Waals surface area (Å²) in [6.07, 6.45) is 0. The van der Waals surface area contributed by atoms with Gasteiger partial charge in [-0.25, -0.2) is 12.8 Å². The summed E-state index contributed by atoms with van der Waals surface area (Å²) in [5.74, 6) is -1.01. The summed E-state index contributed by atoms with van der Waals surface area (Å²) in [4.78, 5) is 0. The summed E-state index contributed by atoms with van der Waals surface area (Å²) >= 11 is 0. The van der Waals surface area contributed by atoms with Crippen molar-refractivity contribution < 1.29 is 17.5 Å². The Morgan fingerprint density at radius 1 is 1.43 bits per heavy atom. The molecule has 0 heterocycles. The van der Waals surface area contributed by atoms with Crippen LogP contribution >= 0.6 is 0 Å². The largest absolute Gasteiger partial charge is 0.380 e. The average Bonchev–Trinajstić information content (AvgIpc) is 3.15. The van der Waals surface area contributed by atoms with Crippen LogP contribution in [0.2, 0.25) is 0 Å². The third-order valence-electron chi connectivity index (χ3n) is 4.01. The molecule has 0 unspecified atom stereocenters. The number of halogens is 1. The molecule has 0 N–H and O–H groups in total. The van der Waals surface area contributed by atoms with Crippen molar-refractivity contribution in [3.63, 3.8) is 0 Å². The summed E-state index contributed by atoms with van der Waals surface area (Å²) in [5.41, 5.74) is -0.572. The molecular formula is C15H18FNO3S. The highest BCUT2D eigenvalue weighted by molar-refractivity contribution is 7.92. The fourth-order valence-corrected chi connectivity index (χ4v) is 4.90. The number of hydrogen-bond donors (Lipinski definition) is 0. The lowest BCUT2D eigenvalue weighted by atomic mass is 10.0. The monoisotopic (exact) mass is 311 g/mol. The second-order valence-electron chi connectivity index (χ2n) is 5.19. The predicted octanol–water partition coefficient (Wildman–Crippen LogP) is 2.27. The van der Waals surface area contributed by atoms with Gasteiger partial charge in [0.25, 0.3) is 0 Å². The van der Waals surface area contributed by atoms with Gasteiger partial charge in [-0.2, -0.15) is 5.26 Å². The molecule has 4 nitrogen and oxygen atoms in total. The number of benzene rings is 1. The highest BCUT2D eigenvalue weighted by Gasteiger charge is 2.71. The molecule has 0 aliphatic heterocycles. The molecule has 1 fully saturated rings. The first-order valence-electron chi connectivity index (χ1n) is 6.89. The van der Waals surface area contributed by atoms with E-state index in [4.69, 9.17) is 4.74 Å². The SMILES string of the molecule is CCOC[C@@]1(C#N)[C@H](c2cccc(F)c2)[C@@H]1S(=O)(=O)CC. The summed E-state index contributed by atoms with van der Waals surface area (Å²) < 4.78 is 43.3. The number of hydrogen-bond acceptors (Lipinski definition) is 4. The van der Waals surface area contributed by atoms with E-state index >= 15 is 0 Å². The molecule has 114 valence electrons. The maximum Gasteiger partial charge on any atom is 0.155 e. The fourth-order valence-electron chi connectivity index (χ4n) is 2.89. The third kappa shape index (κ3) is 2.68. The van der Waals surface area contributed by atoms with E-state index in [1.807, 2.05) is 0 Å². The predicted molar refractivity (Wildman–Crippen MR) is 76.9 cm³/mol. The van der Waals surface area contributed by atoms with Gasteiger partial charge in [-0.15, -0.1) is 0 Å². The van der Waals surface area contributed by atoms with Gasteiger partial charge in [0.15, 0.2) is 9.84 Å². The van der Waals surface area contributed by atoms with Crippen molar-refractivity contribution in [2.75, 3.05) is 19.0 Å². The minimum atomic E-state index is -3.41. The van der Waals surface area contributed by atoms with Crippen LogP contribution in [0.5, 0.6) is 0 Å².